The first kappa shape index (κ1) is 15.6. The van der Waals surface area contributed by atoms with E-state index in [0.29, 0.717) is 5.92 Å². The summed E-state index contributed by atoms with van der Waals surface area (Å²) in [6.07, 6.45) is 1.83. The van der Waals surface area contributed by atoms with Crippen molar-refractivity contribution in [2.24, 2.45) is 5.92 Å². The average molecular weight is 287 g/mol. The lowest BCUT2D eigenvalue weighted by molar-refractivity contribution is 0.0726. The van der Waals surface area contributed by atoms with E-state index < -0.39 is 0 Å². The van der Waals surface area contributed by atoms with Crippen LogP contribution in [0.3, 0.4) is 0 Å². The normalized spacial score (nSPS) is 11.5. The van der Waals surface area contributed by atoms with Gasteiger partial charge in [0.2, 0.25) is 0 Å². The molecule has 0 aliphatic carbocycles. The van der Waals surface area contributed by atoms with Gasteiger partial charge in [-0.15, -0.1) is 0 Å². The Morgan fingerprint density at radius 3 is 2.57 bits per heavy atom. The van der Waals surface area contributed by atoms with Crippen molar-refractivity contribution in [3.8, 4) is 0 Å². The predicted octanol–water partition coefficient (Wildman–Crippen LogP) is 2.83. The summed E-state index contributed by atoms with van der Waals surface area (Å²) in [6, 6.07) is 7.95. The number of fused-ring (bicyclic) bond motifs is 1. The molecule has 1 amide bonds. The number of carbonyl (C=O) groups is 1. The summed E-state index contributed by atoms with van der Waals surface area (Å²) in [4.78, 5) is 20.1. The van der Waals surface area contributed by atoms with Crippen molar-refractivity contribution in [1.82, 2.24) is 14.8 Å². The highest BCUT2D eigenvalue weighted by Gasteiger charge is 2.19. The second kappa shape index (κ2) is 6.76. The van der Waals surface area contributed by atoms with Crippen LogP contribution in [-0.2, 0) is 0 Å². The molecule has 0 spiro atoms. The Morgan fingerprint density at radius 1 is 1.19 bits per heavy atom. The summed E-state index contributed by atoms with van der Waals surface area (Å²) in [5, 5.41) is 1.00. The fraction of sp³-hybridized carbons (Fsp3) is 0.471. The van der Waals surface area contributed by atoms with Crippen molar-refractivity contribution in [3.63, 3.8) is 0 Å². The van der Waals surface area contributed by atoms with Gasteiger partial charge < -0.3 is 14.8 Å². The molecule has 1 aromatic carbocycles. The Morgan fingerprint density at radius 2 is 1.90 bits per heavy atom. The molecule has 0 unspecified atom stereocenters. The van der Waals surface area contributed by atoms with Crippen molar-refractivity contribution < 1.29 is 4.79 Å². The fourth-order valence-electron chi connectivity index (χ4n) is 2.46. The maximum atomic E-state index is 12.9. The van der Waals surface area contributed by atoms with Crippen LogP contribution in [-0.4, -0.2) is 54.4 Å². The highest BCUT2D eigenvalue weighted by molar-refractivity contribution is 6.06. The molecular formula is C17H25N3O. The molecule has 0 fully saturated rings. The van der Waals surface area contributed by atoms with Crippen LogP contribution in [0.5, 0.6) is 0 Å². The number of carbonyl (C=O) groups excluding carboxylic acids is 1. The number of hydrogen-bond donors (Lipinski definition) is 1. The molecule has 0 saturated carbocycles. The number of nitrogens with one attached hydrogen (secondary N) is 1. The molecule has 0 aliphatic rings. The van der Waals surface area contributed by atoms with E-state index in [0.717, 1.165) is 36.1 Å². The molecule has 0 radical (unpaired) electrons. The first-order valence-corrected chi connectivity index (χ1v) is 7.49. The van der Waals surface area contributed by atoms with E-state index in [-0.39, 0.29) is 5.91 Å². The van der Waals surface area contributed by atoms with Gasteiger partial charge in [0.15, 0.2) is 0 Å². The molecule has 21 heavy (non-hydrogen) atoms. The monoisotopic (exact) mass is 287 g/mol. The summed E-state index contributed by atoms with van der Waals surface area (Å²) in [5.74, 6) is 0.573. The smallest absolute Gasteiger partial charge is 0.256 e. The van der Waals surface area contributed by atoms with Crippen LogP contribution in [0.2, 0.25) is 0 Å². The minimum atomic E-state index is 0.114. The molecule has 114 valence electrons. The Hall–Kier alpha value is -1.81. The number of hydrogen-bond acceptors (Lipinski definition) is 2. The van der Waals surface area contributed by atoms with E-state index in [1.54, 1.807) is 0 Å². The lowest BCUT2D eigenvalue weighted by atomic mass is 10.1. The van der Waals surface area contributed by atoms with Crippen molar-refractivity contribution in [3.05, 3.63) is 36.0 Å². The Bertz CT molecular complexity index is 601. The minimum Gasteiger partial charge on any atom is -0.360 e. The zero-order chi connectivity index (χ0) is 15.4. The largest absolute Gasteiger partial charge is 0.360 e. The third kappa shape index (κ3) is 3.85. The number of aromatic nitrogens is 1. The maximum absolute atomic E-state index is 12.9. The van der Waals surface area contributed by atoms with Gasteiger partial charge in [-0.05, 0) is 26.1 Å². The van der Waals surface area contributed by atoms with Gasteiger partial charge in [0, 0.05) is 36.7 Å². The highest BCUT2D eigenvalue weighted by atomic mass is 16.2. The summed E-state index contributed by atoms with van der Waals surface area (Å²) in [6.45, 7) is 6.70. The van der Waals surface area contributed by atoms with E-state index in [2.05, 4.69) is 23.7 Å². The number of likely N-dealkylation sites (N-methyl/N-ethyl adjacent to an activating group) is 1. The molecule has 1 N–H and O–H groups in total. The van der Waals surface area contributed by atoms with Crippen LogP contribution in [0, 0.1) is 5.92 Å². The quantitative estimate of drug-likeness (QED) is 0.887. The van der Waals surface area contributed by atoms with E-state index in [1.807, 2.05) is 49.5 Å². The van der Waals surface area contributed by atoms with E-state index >= 15 is 0 Å². The van der Waals surface area contributed by atoms with Crippen LogP contribution in [0.15, 0.2) is 30.5 Å². The van der Waals surface area contributed by atoms with Gasteiger partial charge in [0.1, 0.15) is 0 Å². The molecule has 0 bridgehead atoms. The van der Waals surface area contributed by atoms with Gasteiger partial charge in [-0.3, -0.25) is 4.79 Å². The molecule has 2 rings (SSSR count). The molecule has 0 saturated heterocycles. The van der Waals surface area contributed by atoms with Crippen molar-refractivity contribution in [1.29, 1.82) is 0 Å². The van der Waals surface area contributed by atoms with Crippen LogP contribution >= 0.6 is 0 Å². The van der Waals surface area contributed by atoms with Crippen LogP contribution in [0.1, 0.15) is 24.2 Å². The number of nitrogens with zero attached hydrogens (tertiary/aromatic N) is 2. The molecule has 1 heterocycles. The number of para-hydroxylation sites is 1. The van der Waals surface area contributed by atoms with Gasteiger partial charge in [-0.1, -0.05) is 32.0 Å². The SMILES string of the molecule is CC(C)CN(CCN(C)C)C(=O)c1c[nH]c2ccccc12. The summed E-state index contributed by atoms with van der Waals surface area (Å²) in [7, 11) is 4.06. The van der Waals surface area contributed by atoms with Crippen molar-refractivity contribution in [2.45, 2.75) is 13.8 Å². The zero-order valence-corrected chi connectivity index (χ0v) is 13.4. The van der Waals surface area contributed by atoms with Gasteiger partial charge in [0.05, 0.1) is 5.56 Å². The third-order valence-electron chi connectivity index (χ3n) is 3.51. The molecule has 0 aliphatic heterocycles. The Labute approximate surface area is 126 Å². The molecule has 4 heteroatoms. The van der Waals surface area contributed by atoms with Gasteiger partial charge >= 0.3 is 0 Å². The highest BCUT2D eigenvalue weighted by Crippen LogP contribution is 2.19. The Balaban J connectivity index is 2.24. The first-order valence-electron chi connectivity index (χ1n) is 7.49. The number of benzene rings is 1. The van der Waals surface area contributed by atoms with Gasteiger partial charge in [-0.2, -0.15) is 0 Å². The number of rotatable bonds is 6. The molecule has 1 aromatic heterocycles. The van der Waals surface area contributed by atoms with Crippen molar-refractivity contribution >= 4 is 16.8 Å². The molecule has 2 aromatic rings. The molecule has 4 nitrogen and oxygen atoms in total. The summed E-state index contributed by atoms with van der Waals surface area (Å²) in [5.41, 5.74) is 1.78. The summed E-state index contributed by atoms with van der Waals surface area (Å²) < 4.78 is 0. The lowest BCUT2D eigenvalue weighted by Crippen LogP contribution is -2.38. The van der Waals surface area contributed by atoms with Crippen LogP contribution < -0.4 is 0 Å². The van der Waals surface area contributed by atoms with Crippen molar-refractivity contribution in [2.75, 3.05) is 33.7 Å². The standard InChI is InChI=1S/C17H25N3O/c1-13(2)12-20(10-9-19(3)4)17(21)15-11-18-16-8-6-5-7-14(15)16/h5-8,11,13,18H,9-10,12H2,1-4H3. The first-order chi connectivity index (χ1) is 9.99. The average Bonchev–Trinajstić information content (AvgIpc) is 2.86. The van der Waals surface area contributed by atoms with E-state index in [1.165, 1.54) is 0 Å². The van der Waals surface area contributed by atoms with E-state index in [4.69, 9.17) is 0 Å². The second-order valence-corrected chi connectivity index (χ2v) is 6.20. The number of amides is 1. The van der Waals surface area contributed by atoms with Gasteiger partial charge in [-0.25, -0.2) is 0 Å². The molecule has 0 atom stereocenters. The Kier molecular flexibility index (Phi) is 5.02. The zero-order valence-electron chi connectivity index (χ0n) is 13.4. The summed E-state index contributed by atoms with van der Waals surface area (Å²) >= 11 is 0. The number of aromatic amines is 1. The number of H-pyrrole nitrogens is 1. The predicted molar refractivity (Wildman–Crippen MR) is 87.6 cm³/mol. The topological polar surface area (TPSA) is 39.3 Å². The van der Waals surface area contributed by atoms with Crippen LogP contribution in [0.25, 0.3) is 10.9 Å². The fourth-order valence-corrected chi connectivity index (χ4v) is 2.46. The van der Waals surface area contributed by atoms with Gasteiger partial charge in [0.25, 0.3) is 5.91 Å². The maximum Gasteiger partial charge on any atom is 0.256 e. The van der Waals surface area contributed by atoms with Crippen LogP contribution in [0.4, 0.5) is 0 Å². The molecular weight excluding hydrogens is 262 g/mol. The lowest BCUT2D eigenvalue weighted by Gasteiger charge is -2.26. The third-order valence-corrected chi connectivity index (χ3v) is 3.51. The minimum absolute atomic E-state index is 0.114. The second-order valence-electron chi connectivity index (χ2n) is 6.20. The van der Waals surface area contributed by atoms with E-state index in [9.17, 15) is 4.79 Å².